The molecule has 0 radical (unpaired) electrons. The Bertz CT molecular complexity index is 237. The minimum atomic E-state index is 0.606. The van der Waals surface area contributed by atoms with Crippen molar-refractivity contribution in [1.29, 1.82) is 0 Å². The molecule has 4 atom stereocenters. The molecule has 92 valence electrons. The van der Waals surface area contributed by atoms with E-state index in [1.807, 2.05) is 0 Å². The summed E-state index contributed by atoms with van der Waals surface area (Å²) in [7, 11) is 0. The van der Waals surface area contributed by atoms with E-state index in [0.717, 1.165) is 23.7 Å². The molecule has 3 aliphatic carbocycles. The Balaban J connectivity index is 1.48. The highest BCUT2D eigenvalue weighted by molar-refractivity contribution is 4.92. The van der Waals surface area contributed by atoms with E-state index in [1.54, 1.807) is 0 Å². The Hall–Kier alpha value is -0.0800. The van der Waals surface area contributed by atoms with Gasteiger partial charge in [-0.25, -0.2) is 0 Å². The average Bonchev–Trinajstić information content (AvgIpc) is 2.82. The molecule has 3 N–H and O–H groups in total. The topological polar surface area (TPSA) is 38.0 Å². The molecule has 2 nitrogen and oxygen atoms in total. The molecule has 0 aliphatic heterocycles. The number of nitrogens with one attached hydrogen (secondary N) is 1. The van der Waals surface area contributed by atoms with E-state index in [4.69, 9.17) is 5.84 Å². The van der Waals surface area contributed by atoms with Crippen LogP contribution in [-0.4, -0.2) is 6.04 Å². The molecule has 0 heterocycles. The number of fused-ring (bicyclic) bond motifs is 2. The molecule has 2 heteroatoms. The predicted octanol–water partition coefficient (Wildman–Crippen LogP) is 2.83. The van der Waals surface area contributed by atoms with Crippen LogP contribution >= 0.6 is 0 Å². The van der Waals surface area contributed by atoms with Crippen molar-refractivity contribution >= 4 is 0 Å². The maximum atomic E-state index is 5.73. The van der Waals surface area contributed by atoms with Gasteiger partial charge in [-0.1, -0.05) is 25.7 Å². The summed E-state index contributed by atoms with van der Waals surface area (Å²) in [6, 6.07) is 0.606. The SMILES string of the molecule is NNC(CC1CCC1)CC1CC2CCC1C2. The average molecular weight is 222 g/mol. The minimum absolute atomic E-state index is 0.606. The molecule has 16 heavy (non-hydrogen) atoms. The van der Waals surface area contributed by atoms with Crippen molar-refractivity contribution in [3.05, 3.63) is 0 Å². The van der Waals surface area contributed by atoms with Crippen LogP contribution in [0.4, 0.5) is 0 Å². The monoisotopic (exact) mass is 222 g/mol. The quantitative estimate of drug-likeness (QED) is 0.554. The molecule has 0 aromatic rings. The molecule has 2 bridgehead atoms. The van der Waals surface area contributed by atoms with Crippen LogP contribution in [-0.2, 0) is 0 Å². The van der Waals surface area contributed by atoms with E-state index in [9.17, 15) is 0 Å². The summed E-state index contributed by atoms with van der Waals surface area (Å²) < 4.78 is 0. The fourth-order valence-corrected chi connectivity index (χ4v) is 4.39. The Morgan fingerprint density at radius 2 is 1.94 bits per heavy atom. The Morgan fingerprint density at radius 1 is 1.06 bits per heavy atom. The lowest BCUT2D eigenvalue weighted by Gasteiger charge is -2.32. The molecular weight excluding hydrogens is 196 g/mol. The highest BCUT2D eigenvalue weighted by atomic mass is 15.2. The zero-order chi connectivity index (χ0) is 11.0. The molecule has 0 aromatic heterocycles. The van der Waals surface area contributed by atoms with Crippen molar-refractivity contribution in [2.45, 2.75) is 63.8 Å². The first-order chi connectivity index (χ1) is 7.85. The van der Waals surface area contributed by atoms with Crippen LogP contribution in [0.25, 0.3) is 0 Å². The van der Waals surface area contributed by atoms with Crippen LogP contribution < -0.4 is 11.3 Å². The van der Waals surface area contributed by atoms with E-state index >= 15 is 0 Å². The Labute approximate surface area is 99.3 Å². The van der Waals surface area contributed by atoms with Crippen molar-refractivity contribution in [3.63, 3.8) is 0 Å². The fourth-order valence-electron chi connectivity index (χ4n) is 4.39. The van der Waals surface area contributed by atoms with Crippen LogP contribution in [0, 0.1) is 23.7 Å². The van der Waals surface area contributed by atoms with Gasteiger partial charge in [0, 0.05) is 6.04 Å². The van der Waals surface area contributed by atoms with Gasteiger partial charge < -0.3 is 0 Å². The van der Waals surface area contributed by atoms with Crippen molar-refractivity contribution in [1.82, 2.24) is 5.43 Å². The lowest BCUT2D eigenvalue weighted by atomic mass is 9.77. The molecule has 0 saturated heterocycles. The number of hydrogen-bond acceptors (Lipinski definition) is 2. The van der Waals surface area contributed by atoms with Gasteiger partial charge in [0.25, 0.3) is 0 Å². The van der Waals surface area contributed by atoms with Crippen molar-refractivity contribution in [2.24, 2.45) is 29.5 Å². The smallest absolute Gasteiger partial charge is 0.0215 e. The molecular formula is C14H26N2. The maximum Gasteiger partial charge on any atom is 0.0215 e. The zero-order valence-electron chi connectivity index (χ0n) is 10.3. The van der Waals surface area contributed by atoms with Gasteiger partial charge in [-0.2, -0.15) is 0 Å². The molecule has 0 amide bonds. The second-order valence-corrected chi connectivity index (χ2v) is 6.57. The van der Waals surface area contributed by atoms with Crippen molar-refractivity contribution in [3.8, 4) is 0 Å². The van der Waals surface area contributed by atoms with Gasteiger partial charge in [-0.05, 0) is 55.8 Å². The third kappa shape index (κ3) is 2.14. The summed E-state index contributed by atoms with van der Waals surface area (Å²) in [6.07, 6.45) is 13.1. The first-order valence-corrected chi connectivity index (χ1v) is 7.31. The van der Waals surface area contributed by atoms with Crippen molar-refractivity contribution in [2.75, 3.05) is 0 Å². The van der Waals surface area contributed by atoms with E-state index in [-0.39, 0.29) is 0 Å². The normalized spacial score (nSPS) is 39.9. The van der Waals surface area contributed by atoms with Gasteiger partial charge in [0.2, 0.25) is 0 Å². The fraction of sp³-hybridized carbons (Fsp3) is 1.00. The molecule has 3 rings (SSSR count). The third-order valence-electron chi connectivity index (χ3n) is 5.55. The molecule has 3 fully saturated rings. The number of hydrogen-bond donors (Lipinski definition) is 2. The summed E-state index contributed by atoms with van der Waals surface area (Å²) >= 11 is 0. The second kappa shape index (κ2) is 4.66. The molecule has 0 aromatic carbocycles. The van der Waals surface area contributed by atoms with Crippen LogP contribution in [0.2, 0.25) is 0 Å². The molecule has 3 saturated carbocycles. The Kier molecular flexibility index (Phi) is 3.21. The van der Waals surface area contributed by atoms with Crippen molar-refractivity contribution < 1.29 is 0 Å². The van der Waals surface area contributed by atoms with E-state index in [0.29, 0.717) is 6.04 Å². The maximum absolute atomic E-state index is 5.73. The Morgan fingerprint density at radius 3 is 2.44 bits per heavy atom. The standard InChI is InChI=1S/C14H26N2/c15-16-14(8-10-2-1-3-10)9-13-7-11-4-5-12(13)6-11/h10-14,16H,1-9,15H2. The number of rotatable bonds is 5. The lowest BCUT2D eigenvalue weighted by Crippen LogP contribution is -2.39. The van der Waals surface area contributed by atoms with E-state index in [1.165, 1.54) is 57.8 Å². The summed E-state index contributed by atoms with van der Waals surface area (Å²) in [6.45, 7) is 0. The number of nitrogens with two attached hydrogens (primary N) is 1. The van der Waals surface area contributed by atoms with Crippen LogP contribution in [0.5, 0.6) is 0 Å². The minimum Gasteiger partial charge on any atom is -0.271 e. The van der Waals surface area contributed by atoms with Gasteiger partial charge >= 0.3 is 0 Å². The zero-order valence-corrected chi connectivity index (χ0v) is 10.3. The second-order valence-electron chi connectivity index (χ2n) is 6.57. The van der Waals surface area contributed by atoms with Crippen LogP contribution in [0.1, 0.15) is 57.8 Å². The van der Waals surface area contributed by atoms with E-state index in [2.05, 4.69) is 5.43 Å². The summed E-state index contributed by atoms with van der Waals surface area (Å²) in [5.41, 5.74) is 3.09. The van der Waals surface area contributed by atoms with E-state index < -0.39 is 0 Å². The molecule has 0 spiro atoms. The van der Waals surface area contributed by atoms with Gasteiger partial charge in [0.05, 0.1) is 0 Å². The first kappa shape index (κ1) is 11.0. The largest absolute Gasteiger partial charge is 0.271 e. The van der Waals surface area contributed by atoms with Gasteiger partial charge in [0.15, 0.2) is 0 Å². The summed E-state index contributed by atoms with van der Waals surface area (Å²) in [5.74, 6) is 9.85. The first-order valence-electron chi connectivity index (χ1n) is 7.31. The van der Waals surface area contributed by atoms with Gasteiger partial charge in [-0.15, -0.1) is 0 Å². The molecule has 3 aliphatic rings. The highest BCUT2D eigenvalue weighted by Gasteiger charge is 2.40. The predicted molar refractivity (Wildman–Crippen MR) is 66.6 cm³/mol. The van der Waals surface area contributed by atoms with Crippen LogP contribution in [0.3, 0.4) is 0 Å². The summed E-state index contributed by atoms with van der Waals surface area (Å²) in [4.78, 5) is 0. The van der Waals surface area contributed by atoms with Gasteiger partial charge in [0.1, 0.15) is 0 Å². The van der Waals surface area contributed by atoms with Crippen LogP contribution in [0.15, 0.2) is 0 Å². The van der Waals surface area contributed by atoms with Gasteiger partial charge in [-0.3, -0.25) is 11.3 Å². The highest BCUT2D eigenvalue weighted by Crippen LogP contribution is 2.50. The number of hydrazine groups is 1. The summed E-state index contributed by atoms with van der Waals surface area (Å²) in [5, 5.41) is 0. The third-order valence-corrected chi connectivity index (χ3v) is 5.55. The molecule has 4 unspecified atom stereocenters. The lowest BCUT2D eigenvalue weighted by molar-refractivity contribution is 0.217.